The number of likely N-dealkylation sites (N-methyl/N-ethyl adjacent to an activating group) is 1. The van der Waals surface area contributed by atoms with Gasteiger partial charge in [0, 0.05) is 50.0 Å². The number of benzene rings is 1. The van der Waals surface area contributed by atoms with Crippen LogP contribution in [0.25, 0.3) is 0 Å². The molecule has 2 fully saturated rings. The average molecular weight is 366 g/mol. The molecule has 0 radical (unpaired) electrons. The Kier molecular flexibility index (Phi) is 6.89. The summed E-state index contributed by atoms with van der Waals surface area (Å²) in [5.41, 5.74) is 1.21. The molecule has 3 rings (SSSR count). The zero-order valence-corrected chi connectivity index (χ0v) is 16.0. The highest BCUT2D eigenvalue weighted by atomic mass is 32.2. The van der Waals surface area contributed by atoms with Crippen molar-refractivity contribution < 1.29 is 4.79 Å². The molecule has 1 N–H and O–H groups in total. The van der Waals surface area contributed by atoms with Gasteiger partial charge in [-0.15, -0.1) is 11.8 Å². The van der Waals surface area contributed by atoms with Crippen molar-refractivity contribution in [3.63, 3.8) is 0 Å². The molecule has 132 valence electrons. The molecular weight excluding hydrogens is 338 g/mol. The quantitative estimate of drug-likeness (QED) is 0.863. The molecule has 2 unspecified atom stereocenters. The molecule has 4 nitrogen and oxygen atoms in total. The summed E-state index contributed by atoms with van der Waals surface area (Å²) in [6, 6.07) is 10.5. The summed E-state index contributed by atoms with van der Waals surface area (Å²) < 4.78 is 0. The second kappa shape index (κ2) is 9.13. The van der Waals surface area contributed by atoms with E-state index in [-0.39, 0.29) is 17.2 Å². The van der Waals surface area contributed by atoms with Gasteiger partial charge in [0.25, 0.3) is 0 Å². The smallest absolute Gasteiger partial charge is 0.234 e. The molecule has 2 saturated heterocycles. The average Bonchev–Trinajstić information content (AvgIpc) is 2.64. The minimum Gasteiger partial charge on any atom is -0.347 e. The van der Waals surface area contributed by atoms with E-state index in [1.165, 1.54) is 5.56 Å². The number of rotatable bonds is 5. The van der Waals surface area contributed by atoms with Crippen molar-refractivity contribution in [2.45, 2.75) is 11.3 Å². The summed E-state index contributed by atoms with van der Waals surface area (Å²) in [5.74, 6) is 3.39. The SMILES string of the molecule is CN1CCN(CC(NC(=O)C2CSCCS2)c2ccccc2)CC1. The van der Waals surface area contributed by atoms with Crippen molar-refractivity contribution in [2.24, 2.45) is 0 Å². The van der Waals surface area contributed by atoms with E-state index in [1.54, 1.807) is 11.8 Å². The third-order valence-corrected chi connectivity index (χ3v) is 7.42. The molecule has 1 amide bonds. The third kappa shape index (κ3) is 5.15. The van der Waals surface area contributed by atoms with Crippen LogP contribution >= 0.6 is 23.5 Å². The standard InChI is InChI=1S/C18H27N3OS2/c1-20-7-9-21(10-8-20)13-16(15-5-3-2-4-6-15)19-18(22)17-14-23-11-12-24-17/h2-6,16-17H,7-14H2,1H3,(H,19,22). The predicted octanol–water partition coefficient (Wildman–Crippen LogP) is 1.94. The number of thioether (sulfide) groups is 2. The Morgan fingerprint density at radius 2 is 1.96 bits per heavy atom. The first kappa shape index (κ1) is 18.1. The van der Waals surface area contributed by atoms with Gasteiger partial charge in [-0.2, -0.15) is 11.8 Å². The van der Waals surface area contributed by atoms with Crippen LogP contribution in [-0.4, -0.2) is 78.0 Å². The minimum atomic E-state index is 0.0784. The van der Waals surface area contributed by atoms with E-state index in [0.29, 0.717) is 0 Å². The molecule has 24 heavy (non-hydrogen) atoms. The lowest BCUT2D eigenvalue weighted by Gasteiger charge is -2.35. The topological polar surface area (TPSA) is 35.6 Å². The predicted molar refractivity (Wildman–Crippen MR) is 105 cm³/mol. The number of carbonyl (C=O) groups excluding carboxylic acids is 1. The maximum absolute atomic E-state index is 12.7. The van der Waals surface area contributed by atoms with E-state index >= 15 is 0 Å². The molecule has 0 aromatic heterocycles. The van der Waals surface area contributed by atoms with Crippen molar-refractivity contribution in [1.82, 2.24) is 15.1 Å². The summed E-state index contributed by atoms with van der Waals surface area (Å²) >= 11 is 3.69. The van der Waals surface area contributed by atoms with Crippen molar-refractivity contribution >= 4 is 29.4 Å². The largest absolute Gasteiger partial charge is 0.347 e. The molecule has 2 heterocycles. The fourth-order valence-electron chi connectivity index (χ4n) is 3.11. The summed E-state index contributed by atoms with van der Waals surface area (Å²) in [6.07, 6.45) is 0. The van der Waals surface area contributed by atoms with E-state index in [4.69, 9.17) is 0 Å². The Morgan fingerprint density at radius 1 is 1.21 bits per heavy atom. The molecule has 0 bridgehead atoms. The van der Waals surface area contributed by atoms with Gasteiger partial charge in [-0.3, -0.25) is 9.69 Å². The molecule has 0 aliphatic carbocycles. The minimum absolute atomic E-state index is 0.0784. The van der Waals surface area contributed by atoms with E-state index in [0.717, 1.165) is 50.0 Å². The number of carbonyl (C=O) groups is 1. The van der Waals surface area contributed by atoms with Crippen LogP contribution < -0.4 is 5.32 Å². The van der Waals surface area contributed by atoms with Gasteiger partial charge in [0.1, 0.15) is 0 Å². The summed E-state index contributed by atoms with van der Waals surface area (Å²) in [5, 5.41) is 3.43. The van der Waals surface area contributed by atoms with Gasteiger partial charge in [-0.1, -0.05) is 30.3 Å². The fourth-order valence-corrected chi connectivity index (χ4v) is 5.68. The number of amides is 1. The van der Waals surface area contributed by atoms with Crippen LogP contribution in [-0.2, 0) is 4.79 Å². The Bertz CT molecular complexity index is 514. The molecule has 6 heteroatoms. The number of nitrogens with one attached hydrogen (secondary N) is 1. The lowest BCUT2D eigenvalue weighted by atomic mass is 10.1. The second-order valence-corrected chi connectivity index (χ2v) is 8.97. The van der Waals surface area contributed by atoms with Gasteiger partial charge in [0.05, 0.1) is 11.3 Å². The van der Waals surface area contributed by atoms with Crippen LogP contribution in [0.3, 0.4) is 0 Å². The molecule has 0 saturated carbocycles. The van der Waals surface area contributed by atoms with Crippen LogP contribution in [0.15, 0.2) is 30.3 Å². The first-order chi connectivity index (χ1) is 11.7. The normalized spacial score (nSPS) is 24.5. The van der Waals surface area contributed by atoms with Gasteiger partial charge in [-0.25, -0.2) is 0 Å². The fraction of sp³-hybridized carbons (Fsp3) is 0.611. The van der Waals surface area contributed by atoms with Crippen molar-refractivity contribution in [3.05, 3.63) is 35.9 Å². The Hall–Kier alpha value is -0.690. The van der Waals surface area contributed by atoms with Crippen LogP contribution in [0.5, 0.6) is 0 Å². The molecule has 2 aliphatic heterocycles. The zero-order valence-electron chi connectivity index (χ0n) is 14.3. The van der Waals surface area contributed by atoms with Crippen molar-refractivity contribution in [3.8, 4) is 0 Å². The number of hydrogen-bond acceptors (Lipinski definition) is 5. The summed E-state index contributed by atoms with van der Waals surface area (Å²) in [6.45, 7) is 5.25. The zero-order chi connectivity index (χ0) is 16.8. The maximum atomic E-state index is 12.7. The molecule has 2 aliphatic rings. The second-order valence-electron chi connectivity index (χ2n) is 6.51. The maximum Gasteiger partial charge on any atom is 0.234 e. The Labute approximate surface area is 153 Å². The van der Waals surface area contributed by atoms with Gasteiger partial charge in [0.2, 0.25) is 5.91 Å². The van der Waals surface area contributed by atoms with E-state index in [2.05, 4.69) is 46.4 Å². The van der Waals surface area contributed by atoms with Gasteiger partial charge in [-0.05, 0) is 12.6 Å². The Morgan fingerprint density at radius 3 is 2.62 bits per heavy atom. The van der Waals surface area contributed by atoms with Crippen LogP contribution in [0.1, 0.15) is 11.6 Å². The highest BCUT2D eigenvalue weighted by Crippen LogP contribution is 2.25. The lowest BCUT2D eigenvalue weighted by Crippen LogP contribution is -2.48. The van der Waals surface area contributed by atoms with Crippen molar-refractivity contribution in [2.75, 3.05) is 57.0 Å². The summed E-state index contributed by atoms with van der Waals surface area (Å²) in [7, 11) is 2.17. The number of nitrogens with zero attached hydrogens (tertiary/aromatic N) is 2. The summed E-state index contributed by atoms with van der Waals surface area (Å²) in [4.78, 5) is 17.5. The van der Waals surface area contributed by atoms with Gasteiger partial charge in [0.15, 0.2) is 0 Å². The molecule has 2 atom stereocenters. The van der Waals surface area contributed by atoms with E-state index in [9.17, 15) is 4.79 Å². The van der Waals surface area contributed by atoms with E-state index in [1.807, 2.05) is 17.8 Å². The van der Waals surface area contributed by atoms with Gasteiger partial charge < -0.3 is 10.2 Å². The van der Waals surface area contributed by atoms with Crippen molar-refractivity contribution in [1.29, 1.82) is 0 Å². The third-order valence-electron chi connectivity index (χ3n) is 4.66. The first-order valence-corrected chi connectivity index (χ1v) is 10.9. The van der Waals surface area contributed by atoms with Crippen LogP contribution in [0.2, 0.25) is 0 Å². The number of piperazine rings is 1. The lowest BCUT2D eigenvalue weighted by molar-refractivity contribution is -0.121. The molecule has 0 spiro atoms. The number of hydrogen-bond donors (Lipinski definition) is 1. The molecule has 1 aromatic carbocycles. The van der Waals surface area contributed by atoms with Gasteiger partial charge >= 0.3 is 0 Å². The first-order valence-electron chi connectivity index (χ1n) is 8.68. The van der Waals surface area contributed by atoms with E-state index < -0.39 is 0 Å². The molecule has 1 aromatic rings. The monoisotopic (exact) mass is 365 g/mol. The highest BCUT2D eigenvalue weighted by molar-refractivity contribution is 8.07. The molecular formula is C18H27N3OS2. The Balaban J connectivity index is 1.64. The van der Waals surface area contributed by atoms with Crippen LogP contribution in [0, 0.1) is 0 Å². The van der Waals surface area contributed by atoms with Crippen LogP contribution in [0.4, 0.5) is 0 Å². The highest BCUT2D eigenvalue weighted by Gasteiger charge is 2.26.